The van der Waals surface area contributed by atoms with Gasteiger partial charge in [0.25, 0.3) is 5.56 Å². The molecular weight excluding hydrogens is 731 g/mol. The van der Waals surface area contributed by atoms with Gasteiger partial charge in [-0.2, -0.15) is 0 Å². The number of quaternary nitrogens is 1. The maximum atomic E-state index is 13.3. The van der Waals surface area contributed by atoms with Gasteiger partial charge in [-0.25, -0.2) is 4.79 Å². The second kappa shape index (κ2) is 31.9. The molecule has 2 heterocycles. The number of nitrogens with one attached hydrogen (secondary N) is 1. The molecule has 0 aliphatic carbocycles. The van der Waals surface area contributed by atoms with E-state index < -0.39 is 41.8 Å². The minimum atomic E-state index is -1.06. The molecule has 58 heavy (non-hydrogen) atoms. The number of carbonyl (C=O) groups is 2. The third-order valence-corrected chi connectivity index (χ3v) is 11.0. The summed E-state index contributed by atoms with van der Waals surface area (Å²) in [5, 5.41) is 0. The number of allylic oxidation sites excluding steroid dienone is 4. The van der Waals surface area contributed by atoms with Crippen LogP contribution >= 0.6 is 0 Å². The summed E-state index contributed by atoms with van der Waals surface area (Å²) < 4.78 is 20.3. The SMILES string of the molecule is CCCCCCCC/C=C\CCCCCCCC(=O)O[C@@H]1[C@H](OC(=O)CCCCCCC/C=C\CCCCCCCC)[C@@H](C[N+](C)(C)C)O[C@H]1n1ccc(=O)[nH]c1=O. The van der Waals surface area contributed by atoms with E-state index >= 15 is 0 Å². The lowest BCUT2D eigenvalue weighted by atomic mass is 10.1. The van der Waals surface area contributed by atoms with E-state index in [0.29, 0.717) is 23.9 Å². The number of hydrogen-bond donors (Lipinski definition) is 1. The van der Waals surface area contributed by atoms with Crippen LogP contribution in [0.3, 0.4) is 0 Å². The standard InChI is InChI=1S/C48H83N3O7/c1-6-8-10-12-14-16-18-20-22-24-26-28-30-32-34-36-43(53)57-45-41(40-51(3,4)5)56-47(50-39-38-42(52)49-48(50)55)46(45)58-44(54)37-35-33-31-29-27-25-23-21-19-17-15-13-11-9-7-2/h20-23,38-39,41,45-47H,6-19,24-37,40H2,1-5H3/p+1/b22-20-,23-21-/t41-,45-,46-,47-/m1/s1. The number of likely N-dealkylation sites (N-methyl/N-ethyl adjacent to an activating group) is 1. The number of unbranched alkanes of at least 4 members (excludes halogenated alkanes) is 22. The number of aromatic nitrogens is 2. The third-order valence-electron chi connectivity index (χ3n) is 11.0. The molecule has 10 nitrogen and oxygen atoms in total. The van der Waals surface area contributed by atoms with Crippen LogP contribution in [0.15, 0.2) is 46.2 Å². The highest BCUT2D eigenvalue weighted by Gasteiger charge is 2.52. The van der Waals surface area contributed by atoms with Gasteiger partial charge < -0.3 is 18.7 Å². The van der Waals surface area contributed by atoms with Gasteiger partial charge in [0.2, 0.25) is 0 Å². The van der Waals surface area contributed by atoms with Crippen molar-refractivity contribution in [1.29, 1.82) is 0 Å². The summed E-state index contributed by atoms with van der Waals surface area (Å²) in [6.07, 6.45) is 37.8. The number of ether oxygens (including phenoxy) is 3. The summed E-state index contributed by atoms with van der Waals surface area (Å²) in [4.78, 5) is 53.8. The predicted molar refractivity (Wildman–Crippen MR) is 237 cm³/mol. The number of carbonyl (C=O) groups excluding carboxylic acids is 2. The fourth-order valence-electron chi connectivity index (χ4n) is 7.62. The Bertz CT molecular complexity index is 1390. The summed E-state index contributed by atoms with van der Waals surface area (Å²) in [6, 6.07) is 1.23. The zero-order chi connectivity index (χ0) is 42.3. The van der Waals surface area contributed by atoms with Crippen LogP contribution in [0.4, 0.5) is 0 Å². The lowest BCUT2D eigenvalue weighted by Crippen LogP contribution is -2.48. The molecule has 2 rings (SSSR count). The zero-order valence-corrected chi connectivity index (χ0v) is 37.5. The summed E-state index contributed by atoms with van der Waals surface area (Å²) in [5.74, 6) is -0.789. The topological polar surface area (TPSA) is 117 Å². The fourth-order valence-corrected chi connectivity index (χ4v) is 7.62. The summed E-state index contributed by atoms with van der Waals surface area (Å²) in [6.45, 7) is 4.95. The molecule has 0 spiro atoms. The van der Waals surface area contributed by atoms with E-state index in [2.05, 4.69) is 43.1 Å². The van der Waals surface area contributed by atoms with E-state index in [4.69, 9.17) is 14.2 Å². The molecule has 1 aliphatic heterocycles. The number of esters is 2. The molecule has 1 aromatic rings. The molecule has 0 unspecified atom stereocenters. The second-order valence-corrected chi connectivity index (χ2v) is 17.6. The molecule has 1 fully saturated rings. The zero-order valence-electron chi connectivity index (χ0n) is 37.5. The van der Waals surface area contributed by atoms with Crippen LogP contribution in [-0.2, 0) is 23.8 Å². The smallest absolute Gasteiger partial charge is 0.330 e. The van der Waals surface area contributed by atoms with Gasteiger partial charge >= 0.3 is 17.6 Å². The predicted octanol–water partition coefficient (Wildman–Crippen LogP) is 11.0. The first-order valence-corrected chi connectivity index (χ1v) is 23.5. The van der Waals surface area contributed by atoms with E-state index in [9.17, 15) is 19.2 Å². The Morgan fingerprint density at radius 1 is 0.621 bits per heavy atom. The van der Waals surface area contributed by atoms with Crippen molar-refractivity contribution in [2.75, 3.05) is 27.7 Å². The Balaban J connectivity index is 1.85. The Hall–Kier alpha value is -2.98. The Kier molecular flexibility index (Phi) is 28.1. The average Bonchev–Trinajstić information content (AvgIpc) is 3.48. The van der Waals surface area contributed by atoms with Crippen molar-refractivity contribution in [3.05, 3.63) is 57.4 Å². The minimum Gasteiger partial charge on any atom is -0.455 e. The van der Waals surface area contributed by atoms with Crippen LogP contribution in [0.1, 0.15) is 200 Å². The first kappa shape index (κ1) is 51.2. The van der Waals surface area contributed by atoms with Crippen LogP contribution in [0.5, 0.6) is 0 Å². The quantitative estimate of drug-likeness (QED) is 0.0314. The average molecular weight is 815 g/mol. The van der Waals surface area contributed by atoms with E-state index in [1.54, 1.807) is 0 Å². The highest BCUT2D eigenvalue weighted by atomic mass is 16.6. The highest BCUT2D eigenvalue weighted by Crippen LogP contribution is 2.35. The van der Waals surface area contributed by atoms with Crippen LogP contribution < -0.4 is 11.2 Å². The molecule has 10 heteroatoms. The summed E-state index contributed by atoms with van der Waals surface area (Å²) in [5.41, 5.74) is -1.22. The van der Waals surface area contributed by atoms with E-state index in [1.807, 2.05) is 21.1 Å². The van der Waals surface area contributed by atoms with Gasteiger partial charge in [0.1, 0.15) is 12.6 Å². The molecule has 1 aromatic heterocycles. The molecule has 1 aliphatic rings. The van der Waals surface area contributed by atoms with Crippen LogP contribution in [0.2, 0.25) is 0 Å². The molecule has 1 saturated heterocycles. The van der Waals surface area contributed by atoms with Gasteiger partial charge in [0.05, 0.1) is 21.1 Å². The largest absolute Gasteiger partial charge is 0.455 e. The van der Waals surface area contributed by atoms with Crippen molar-refractivity contribution in [3.8, 4) is 0 Å². The van der Waals surface area contributed by atoms with Crippen LogP contribution in [0.25, 0.3) is 0 Å². The summed E-state index contributed by atoms with van der Waals surface area (Å²) in [7, 11) is 6.00. The van der Waals surface area contributed by atoms with Gasteiger partial charge in [-0.05, 0) is 64.2 Å². The van der Waals surface area contributed by atoms with Crippen molar-refractivity contribution >= 4 is 11.9 Å². The molecule has 4 atom stereocenters. The molecule has 0 aromatic carbocycles. The van der Waals surface area contributed by atoms with E-state index in [0.717, 1.165) is 64.2 Å². The molecule has 0 saturated carbocycles. The molecule has 0 radical (unpaired) electrons. The molecule has 1 N–H and O–H groups in total. The fraction of sp³-hybridized carbons (Fsp3) is 0.792. The second-order valence-electron chi connectivity index (χ2n) is 17.6. The van der Waals surface area contributed by atoms with E-state index in [-0.39, 0.29) is 18.8 Å². The first-order valence-electron chi connectivity index (χ1n) is 23.5. The van der Waals surface area contributed by atoms with Gasteiger partial charge in [-0.1, -0.05) is 141 Å². The molecule has 0 amide bonds. The van der Waals surface area contributed by atoms with Gasteiger partial charge in [-0.3, -0.25) is 23.9 Å². The van der Waals surface area contributed by atoms with Gasteiger partial charge in [0, 0.05) is 25.1 Å². The van der Waals surface area contributed by atoms with Crippen molar-refractivity contribution in [3.63, 3.8) is 0 Å². The number of H-pyrrole nitrogens is 1. The lowest BCUT2D eigenvalue weighted by molar-refractivity contribution is -0.874. The van der Waals surface area contributed by atoms with Crippen molar-refractivity contribution in [2.45, 2.75) is 218 Å². The number of rotatable bonds is 35. The Morgan fingerprint density at radius 2 is 1.02 bits per heavy atom. The molecule has 0 bridgehead atoms. The van der Waals surface area contributed by atoms with E-state index in [1.165, 1.54) is 107 Å². The normalized spacial score (nSPS) is 18.4. The number of aromatic amines is 1. The lowest BCUT2D eigenvalue weighted by Gasteiger charge is -2.30. The number of hydrogen-bond acceptors (Lipinski definition) is 7. The first-order chi connectivity index (χ1) is 28.1. The number of nitrogens with zero attached hydrogens (tertiary/aromatic N) is 2. The van der Waals surface area contributed by atoms with Crippen molar-refractivity contribution < 1.29 is 28.3 Å². The third kappa shape index (κ3) is 24.2. The molecule has 332 valence electrons. The Labute approximate surface area is 352 Å². The van der Waals surface area contributed by atoms with Gasteiger partial charge in [-0.15, -0.1) is 0 Å². The maximum Gasteiger partial charge on any atom is 0.330 e. The summed E-state index contributed by atoms with van der Waals surface area (Å²) >= 11 is 0. The van der Waals surface area contributed by atoms with Crippen LogP contribution in [0, 0.1) is 0 Å². The van der Waals surface area contributed by atoms with Crippen LogP contribution in [-0.4, -0.2) is 72.0 Å². The highest BCUT2D eigenvalue weighted by molar-refractivity contribution is 5.70. The van der Waals surface area contributed by atoms with Crippen molar-refractivity contribution in [1.82, 2.24) is 9.55 Å². The molecular formula is C48H84N3O7+. The van der Waals surface area contributed by atoms with Gasteiger partial charge in [0.15, 0.2) is 18.4 Å². The maximum absolute atomic E-state index is 13.3. The minimum absolute atomic E-state index is 0.220. The Morgan fingerprint density at radius 3 is 1.43 bits per heavy atom. The monoisotopic (exact) mass is 815 g/mol. The van der Waals surface area contributed by atoms with Crippen molar-refractivity contribution in [2.24, 2.45) is 0 Å².